The summed E-state index contributed by atoms with van der Waals surface area (Å²) in [5.74, 6) is 0.278. The van der Waals surface area contributed by atoms with Crippen LogP contribution in [0.15, 0.2) is 48.5 Å². The molecule has 1 atom stereocenters. The maximum atomic E-state index is 13.1. The zero-order valence-corrected chi connectivity index (χ0v) is 13.6. The van der Waals surface area contributed by atoms with Gasteiger partial charge in [-0.1, -0.05) is 24.3 Å². The van der Waals surface area contributed by atoms with Gasteiger partial charge < -0.3 is 14.4 Å². The van der Waals surface area contributed by atoms with Crippen molar-refractivity contribution in [2.45, 2.75) is 13.0 Å². The molecule has 0 spiro atoms. The second-order valence-electron chi connectivity index (χ2n) is 5.83. The molecule has 1 unspecified atom stereocenters. The second-order valence-corrected chi connectivity index (χ2v) is 5.83. The van der Waals surface area contributed by atoms with E-state index in [2.05, 4.69) is 0 Å². The van der Waals surface area contributed by atoms with E-state index in [0.29, 0.717) is 25.5 Å². The van der Waals surface area contributed by atoms with Gasteiger partial charge in [-0.05, 0) is 42.3 Å². The fourth-order valence-corrected chi connectivity index (χ4v) is 2.80. The molecule has 1 fully saturated rings. The number of ether oxygens (including phenoxy) is 2. The predicted molar refractivity (Wildman–Crippen MR) is 88.3 cm³/mol. The summed E-state index contributed by atoms with van der Waals surface area (Å²) in [6.45, 7) is 3.34. The Morgan fingerprint density at radius 1 is 1.29 bits per heavy atom. The van der Waals surface area contributed by atoms with Crippen LogP contribution in [0.5, 0.6) is 5.75 Å². The van der Waals surface area contributed by atoms with Gasteiger partial charge in [-0.25, -0.2) is 4.39 Å². The number of hydrogen-bond donors (Lipinski definition) is 0. The molecule has 0 aromatic heterocycles. The third-order valence-corrected chi connectivity index (χ3v) is 4.06. The lowest BCUT2D eigenvalue weighted by molar-refractivity contribution is -0.142. The molecule has 5 heteroatoms. The van der Waals surface area contributed by atoms with E-state index < -0.39 is 0 Å². The molecule has 0 aliphatic carbocycles. The van der Waals surface area contributed by atoms with Gasteiger partial charge in [0.15, 0.2) is 6.61 Å². The Labute approximate surface area is 140 Å². The lowest BCUT2D eigenvalue weighted by atomic mass is 10.0. The first-order chi connectivity index (χ1) is 11.6. The lowest BCUT2D eigenvalue weighted by Crippen LogP contribution is -2.45. The van der Waals surface area contributed by atoms with Crippen LogP contribution in [0, 0.1) is 12.7 Å². The third-order valence-electron chi connectivity index (χ3n) is 4.06. The SMILES string of the molecule is Cc1cccc(OCC(=O)N2CCOCC2c2ccc(F)cc2)c1. The summed E-state index contributed by atoms with van der Waals surface area (Å²) in [5, 5.41) is 0. The zero-order valence-electron chi connectivity index (χ0n) is 13.6. The minimum absolute atomic E-state index is 0.0266. The predicted octanol–water partition coefficient (Wildman–Crippen LogP) is 3.11. The van der Waals surface area contributed by atoms with Crippen molar-refractivity contribution in [2.24, 2.45) is 0 Å². The van der Waals surface area contributed by atoms with Crippen molar-refractivity contribution in [3.63, 3.8) is 0 Å². The topological polar surface area (TPSA) is 38.8 Å². The van der Waals surface area contributed by atoms with E-state index in [9.17, 15) is 9.18 Å². The van der Waals surface area contributed by atoms with Crippen molar-refractivity contribution in [2.75, 3.05) is 26.4 Å². The van der Waals surface area contributed by atoms with Crippen LogP contribution >= 0.6 is 0 Å². The molecule has 0 saturated carbocycles. The Morgan fingerprint density at radius 2 is 2.08 bits per heavy atom. The van der Waals surface area contributed by atoms with Gasteiger partial charge in [0.1, 0.15) is 11.6 Å². The minimum atomic E-state index is -0.295. The quantitative estimate of drug-likeness (QED) is 0.865. The molecule has 0 radical (unpaired) electrons. The first-order valence-electron chi connectivity index (χ1n) is 7.95. The molecule has 1 amide bonds. The van der Waals surface area contributed by atoms with E-state index in [1.807, 2.05) is 31.2 Å². The van der Waals surface area contributed by atoms with Crippen LogP contribution < -0.4 is 4.74 Å². The monoisotopic (exact) mass is 329 g/mol. The van der Waals surface area contributed by atoms with Crippen molar-refractivity contribution in [3.8, 4) is 5.75 Å². The number of nitrogens with zero attached hydrogens (tertiary/aromatic N) is 1. The Bertz CT molecular complexity index is 702. The van der Waals surface area contributed by atoms with Crippen LogP contribution in [0.4, 0.5) is 4.39 Å². The number of rotatable bonds is 4. The first-order valence-corrected chi connectivity index (χ1v) is 7.95. The Hall–Kier alpha value is -2.40. The van der Waals surface area contributed by atoms with Crippen molar-refractivity contribution in [1.29, 1.82) is 0 Å². The van der Waals surface area contributed by atoms with Gasteiger partial charge in [0.05, 0.1) is 19.3 Å². The van der Waals surface area contributed by atoms with Gasteiger partial charge in [0, 0.05) is 6.54 Å². The van der Waals surface area contributed by atoms with Crippen LogP contribution in [0.2, 0.25) is 0 Å². The summed E-state index contributed by atoms with van der Waals surface area (Å²) in [6, 6.07) is 13.6. The molecule has 1 heterocycles. The number of halogens is 1. The highest BCUT2D eigenvalue weighted by Crippen LogP contribution is 2.25. The molecule has 126 valence electrons. The number of morpholine rings is 1. The van der Waals surface area contributed by atoms with Crippen LogP contribution in [0.25, 0.3) is 0 Å². The largest absolute Gasteiger partial charge is 0.484 e. The van der Waals surface area contributed by atoms with E-state index in [4.69, 9.17) is 9.47 Å². The summed E-state index contributed by atoms with van der Waals surface area (Å²) < 4.78 is 24.2. The molecule has 4 nitrogen and oxygen atoms in total. The highest BCUT2D eigenvalue weighted by Gasteiger charge is 2.28. The normalized spacial score (nSPS) is 17.6. The maximum Gasteiger partial charge on any atom is 0.261 e. The molecular weight excluding hydrogens is 309 g/mol. The fraction of sp³-hybridized carbons (Fsp3) is 0.316. The summed E-state index contributed by atoms with van der Waals surface area (Å²) >= 11 is 0. The standard InChI is InChI=1S/C19H20FNO3/c1-14-3-2-4-17(11-14)24-13-19(22)21-9-10-23-12-18(21)15-5-7-16(20)8-6-15/h2-8,11,18H,9-10,12-13H2,1H3. The summed E-state index contributed by atoms with van der Waals surface area (Å²) in [7, 11) is 0. The van der Waals surface area contributed by atoms with Crippen molar-refractivity contribution >= 4 is 5.91 Å². The summed E-state index contributed by atoms with van der Waals surface area (Å²) in [5.41, 5.74) is 1.94. The van der Waals surface area contributed by atoms with Gasteiger partial charge >= 0.3 is 0 Å². The Balaban J connectivity index is 1.68. The van der Waals surface area contributed by atoms with Crippen LogP contribution in [0.3, 0.4) is 0 Å². The van der Waals surface area contributed by atoms with Gasteiger partial charge in [0.25, 0.3) is 5.91 Å². The van der Waals surface area contributed by atoms with Crippen LogP contribution in [0.1, 0.15) is 17.2 Å². The van der Waals surface area contributed by atoms with Crippen molar-refractivity contribution < 1.29 is 18.7 Å². The van der Waals surface area contributed by atoms with Gasteiger partial charge in [0.2, 0.25) is 0 Å². The number of amides is 1. The van der Waals surface area contributed by atoms with Crippen LogP contribution in [-0.2, 0) is 9.53 Å². The smallest absolute Gasteiger partial charge is 0.261 e. The molecule has 0 bridgehead atoms. The number of aryl methyl sites for hydroxylation is 1. The Kier molecular flexibility index (Phi) is 5.11. The van der Waals surface area contributed by atoms with Crippen molar-refractivity contribution in [1.82, 2.24) is 4.90 Å². The molecule has 2 aromatic carbocycles. The van der Waals surface area contributed by atoms with E-state index in [1.54, 1.807) is 17.0 Å². The molecule has 1 aliphatic rings. The average molecular weight is 329 g/mol. The lowest BCUT2D eigenvalue weighted by Gasteiger charge is -2.35. The second kappa shape index (κ2) is 7.45. The fourth-order valence-electron chi connectivity index (χ4n) is 2.80. The van der Waals surface area contributed by atoms with Gasteiger partial charge in [-0.2, -0.15) is 0 Å². The number of benzene rings is 2. The van der Waals surface area contributed by atoms with E-state index in [-0.39, 0.29) is 24.4 Å². The molecule has 1 saturated heterocycles. The number of carbonyl (C=O) groups is 1. The van der Waals surface area contributed by atoms with Crippen LogP contribution in [-0.4, -0.2) is 37.2 Å². The van der Waals surface area contributed by atoms with Gasteiger partial charge in [-0.15, -0.1) is 0 Å². The summed E-state index contributed by atoms with van der Waals surface area (Å²) in [6.07, 6.45) is 0. The first kappa shape index (κ1) is 16.5. The molecule has 24 heavy (non-hydrogen) atoms. The number of carbonyl (C=O) groups excluding carboxylic acids is 1. The van der Waals surface area contributed by atoms with Gasteiger partial charge in [-0.3, -0.25) is 4.79 Å². The molecule has 2 aromatic rings. The minimum Gasteiger partial charge on any atom is -0.484 e. The average Bonchev–Trinajstić information content (AvgIpc) is 2.60. The van der Waals surface area contributed by atoms with E-state index >= 15 is 0 Å². The third kappa shape index (κ3) is 3.92. The zero-order chi connectivity index (χ0) is 16.9. The molecule has 0 N–H and O–H groups in total. The maximum absolute atomic E-state index is 13.1. The Morgan fingerprint density at radius 3 is 2.83 bits per heavy atom. The molecule has 3 rings (SSSR count). The van der Waals surface area contributed by atoms with E-state index in [0.717, 1.165) is 11.1 Å². The van der Waals surface area contributed by atoms with E-state index in [1.165, 1.54) is 12.1 Å². The number of hydrogen-bond acceptors (Lipinski definition) is 3. The van der Waals surface area contributed by atoms with Crippen molar-refractivity contribution in [3.05, 3.63) is 65.5 Å². The molecular formula is C19H20FNO3. The highest BCUT2D eigenvalue weighted by molar-refractivity contribution is 5.78. The summed E-state index contributed by atoms with van der Waals surface area (Å²) in [4.78, 5) is 14.3. The molecule has 1 aliphatic heterocycles. The highest BCUT2D eigenvalue weighted by atomic mass is 19.1.